The molecule has 2 aromatic rings. The molecule has 3 rings (SSSR count). The molecule has 0 bridgehead atoms. The molecule has 0 saturated heterocycles. The van der Waals surface area contributed by atoms with Gasteiger partial charge in [-0.3, -0.25) is 4.90 Å². The van der Waals surface area contributed by atoms with Gasteiger partial charge in [-0.15, -0.1) is 0 Å². The van der Waals surface area contributed by atoms with Gasteiger partial charge in [-0.05, 0) is 17.2 Å². The quantitative estimate of drug-likeness (QED) is 0.947. The highest BCUT2D eigenvalue weighted by molar-refractivity contribution is 5.91. The summed E-state index contributed by atoms with van der Waals surface area (Å²) in [7, 11) is 0. The molecule has 1 N–H and O–H groups in total. The molecule has 1 unspecified atom stereocenters. The number of para-hydroxylation sites is 1. The zero-order valence-corrected chi connectivity index (χ0v) is 12.5. The molecule has 0 fully saturated rings. The van der Waals surface area contributed by atoms with Crippen LogP contribution >= 0.6 is 0 Å². The zero-order valence-electron chi connectivity index (χ0n) is 12.5. The first-order valence-corrected chi connectivity index (χ1v) is 7.33. The van der Waals surface area contributed by atoms with Gasteiger partial charge in [0.15, 0.2) is 0 Å². The van der Waals surface area contributed by atoms with Crippen LogP contribution in [0, 0.1) is 0 Å². The van der Waals surface area contributed by atoms with Crippen molar-refractivity contribution in [2.75, 3.05) is 18.1 Å². The van der Waals surface area contributed by atoms with Crippen molar-refractivity contribution in [3.05, 3.63) is 65.7 Å². The first kappa shape index (κ1) is 14.6. The summed E-state index contributed by atoms with van der Waals surface area (Å²) in [5.74, 6) is 0. The van der Waals surface area contributed by atoms with Crippen LogP contribution in [0.4, 0.5) is 10.5 Å². The fraction of sp³-hybridized carbons (Fsp3) is 0.278. The van der Waals surface area contributed by atoms with Crippen molar-refractivity contribution < 1.29 is 14.6 Å². The Morgan fingerprint density at radius 2 is 1.86 bits per heavy atom. The molecule has 4 nitrogen and oxygen atoms in total. The number of anilines is 1. The molecule has 0 aromatic heterocycles. The number of aliphatic hydroxyl groups is 1. The van der Waals surface area contributed by atoms with Crippen molar-refractivity contribution in [3.63, 3.8) is 0 Å². The second-order valence-corrected chi connectivity index (χ2v) is 5.86. The molecule has 1 aliphatic heterocycles. The molecule has 22 heavy (non-hydrogen) atoms. The topological polar surface area (TPSA) is 49.8 Å². The van der Waals surface area contributed by atoms with Crippen molar-refractivity contribution in [3.8, 4) is 0 Å². The normalized spacial score (nSPS) is 19.8. The molecule has 1 heterocycles. The highest BCUT2D eigenvalue weighted by Gasteiger charge is 2.41. The SMILES string of the molecule is CC1(CO)CN(C(=O)OCc2ccccc2)c2ccccc21. The van der Waals surface area contributed by atoms with Gasteiger partial charge in [0, 0.05) is 12.0 Å². The number of fused-ring (bicyclic) bond motifs is 1. The van der Waals surface area contributed by atoms with E-state index >= 15 is 0 Å². The minimum atomic E-state index is -0.442. The largest absolute Gasteiger partial charge is 0.444 e. The van der Waals surface area contributed by atoms with Crippen molar-refractivity contribution in [1.82, 2.24) is 0 Å². The van der Waals surface area contributed by atoms with Crippen LogP contribution in [0.25, 0.3) is 0 Å². The lowest BCUT2D eigenvalue weighted by atomic mass is 9.86. The summed E-state index contributed by atoms with van der Waals surface area (Å²) in [4.78, 5) is 14.0. The summed E-state index contributed by atoms with van der Waals surface area (Å²) < 4.78 is 5.41. The summed E-state index contributed by atoms with van der Waals surface area (Å²) in [6.07, 6.45) is -0.381. The standard InChI is InChI=1S/C18H19NO3/c1-18(13-20)12-19(16-10-6-5-9-15(16)18)17(21)22-11-14-7-3-2-4-8-14/h2-10,20H,11-13H2,1H3. The van der Waals surface area contributed by atoms with E-state index in [1.165, 1.54) is 0 Å². The molecule has 1 aliphatic rings. The Bertz CT molecular complexity index is 671. The number of rotatable bonds is 3. The highest BCUT2D eigenvalue weighted by atomic mass is 16.6. The highest BCUT2D eigenvalue weighted by Crippen LogP contribution is 2.40. The Balaban J connectivity index is 1.77. The maximum atomic E-state index is 12.4. The van der Waals surface area contributed by atoms with Gasteiger partial charge in [0.1, 0.15) is 6.61 Å². The number of nitrogens with zero attached hydrogens (tertiary/aromatic N) is 1. The molecular weight excluding hydrogens is 278 g/mol. The van der Waals surface area contributed by atoms with Gasteiger partial charge in [0.05, 0.1) is 12.3 Å². The average Bonchev–Trinajstić information content (AvgIpc) is 2.88. The Labute approximate surface area is 130 Å². The van der Waals surface area contributed by atoms with Gasteiger partial charge >= 0.3 is 6.09 Å². The molecule has 0 aliphatic carbocycles. The summed E-state index contributed by atoms with van der Waals surface area (Å²) in [5.41, 5.74) is 2.31. The number of carbonyl (C=O) groups is 1. The van der Waals surface area contributed by atoms with Crippen LogP contribution in [0.2, 0.25) is 0 Å². The second kappa shape index (κ2) is 5.81. The summed E-state index contributed by atoms with van der Waals surface area (Å²) in [5, 5.41) is 9.70. The van der Waals surface area contributed by atoms with Crippen LogP contribution in [0.3, 0.4) is 0 Å². The van der Waals surface area contributed by atoms with E-state index in [4.69, 9.17) is 4.74 Å². The average molecular weight is 297 g/mol. The lowest BCUT2D eigenvalue weighted by Gasteiger charge is -2.22. The summed E-state index contributed by atoms with van der Waals surface area (Å²) in [6.45, 7) is 2.62. The molecular formula is C18H19NO3. The molecule has 114 valence electrons. The minimum absolute atomic E-state index is 0.00746. The number of ether oxygens (including phenoxy) is 1. The number of benzene rings is 2. The first-order chi connectivity index (χ1) is 10.6. The predicted octanol–water partition coefficient (Wildman–Crippen LogP) is 3.09. The molecule has 0 saturated carbocycles. The molecule has 1 atom stereocenters. The number of aliphatic hydroxyl groups excluding tert-OH is 1. The smallest absolute Gasteiger partial charge is 0.414 e. The van der Waals surface area contributed by atoms with Gasteiger partial charge in [-0.2, -0.15) is 0 Å². The molecule has 2 aromatic carbocycles. The van der Waals surface area contributed by atoms with Crippen LogP contribution in [-0.4, -0.2) is 24.4 Å². The fourth-order valence-corrected chi connectivity index (χ4v) is 2.83. The Hall–Kier alpha value is -2.33. The summed E-state index contributed by atoms with van der Waals surface area (Å²) >= 11 is 0. The minimum Gasteiger partial charge on any atom is -0.444 e. The number of carbonyl (C=O) groups excluding carboxylic acids is 1. The second-order valence-electron chi connectivity index (χ2n) is 5.86. The van der Waals surface area contributed by atoms with E-state index in [0.29, 0.717) is 6.54 Å². The third-order valence-electron chi connectivity index (χ3n) is 4.13. The van der Waals surface area contributed by atoms with E-state index in [1.54, 1.807) is 4.90 Å². The maximum Gasteiger partial charge on any atom is 0.414 e. The van der Waals surface area contributed by atoms with E-state index in [-0.39, 0.29) is 19.3 Å². The van der Waals surface area contributed by atoms with Gasteiger partial charge in [0.2, 0.25) is 0 Å². The van der Waals surface area contributed by atoms with Crippen LogP contribution < -0.4 is 4.90 Å². The Kier molecular flexibility index (Phi) is 3.86. The number of hydrogen-bond acceptors (Lipinski definition) is 3. The van der Waals surface area contributed by atoms with E-state index in [9.17, 15) is 9.90 Å². The van der Waals surface area contributed by atoms with Crippen molar-refractivity contribution in [2.45, 2.75) is 18.9 Å². The molecule has 4 heteroatoms. The lowest BCUT2D eigenvalue weighted by molar-refractivity contribution is 0.144. The monoisotopic (exact) mass is 297 g/mol. The van der Waals surface area contributed by atoms with Crippen molar-refractivity contribution >= 4 is 11.8 Å². The van der Waals surface area contributed by atoms with E-state index in [0.717, 1.165) is 16.8 Å². The maximum absolute atomic E-state index is 12.4. The number of hydrogen-bond donors (Lipinski definition) is 1. The third kappa shape index (κ3) is 2.57. The third-order valence-corrected chi connectivity index (χ3v) is 4.13. The molecule has 1 amide bonds. The van der Waals surface area contributed by atoms with Gasteiger partial charge in [-0.25, -0.2) is 4.79 Å². The fourth-order valence-electron chi connectivity index (χ4n) is 2.83. The van der Waals surface area contributed by atoms with Crippen LogP contribution in [-0.2, 0) is 16.8 Å². The Morgan fingerprint density at radius 3 is 2.59 bits per heavy atom. The Morgan fingerprint density at radius 1 is 1.18 bits per heavy atom. The van der Waals surface area contributed by atoms with Crippen LogP contribution in [0.5, 0.6) is 0 Å². The molecule has 0 radical (unpaired) electrons. The van der Waals surface area contributed by atoms with Gasteiger partial charge < -0.3 is 9.84 Å². The van der Waals surface area contributed by atoms with E-state index in [1.807, 2.05) is 61.5 Å². The zero-order chi connectivity index (χ0) is 15.6. The molecule has 0 spiro atoms. The summed E-state index contributed by atoms with van der Waals surface area (Å²) in [6, 6.07) is 17.2. The first-order valence-electron chi connectivity index (χ1n) is 7.33. The predicted molar refractivity (Wildman–Crippen MR) is 84.9 cm³/mol. The van der Waals surface area contributed by atoms with Crippen molar-refractivity contribution in [1.29, 1.82) is 0 Å². The van der Waals surface area contributed by atoms with Crippen LogP contribution in [0.15, 0.2) is 54.6 Å². The number of amides is 1. The lowest BCUT2D eigenvalue weighted by Crippen LogP contribution is -2.37. The van der Waals surface area contributed by atoms with Gasteiger partial charge in [-0.1, -0.05) is 55.5 Å². The van der Waals surface area contributed by atoms with Gasteiger partial charge in [0.25, 0.3) is 0 Å². The van der Waals surface area contributed by atoms with E-state index < -0.39 is 5.41 Å². The van der Waals surface area contributed by atoms with Crippen LogP contribution in [0.1, 0.15) is 18.1 Å². The van der Waals surface area contributed by atoms with Crippen molar-refractivity contribution in [2.24, 2.45) is 0 Å². The van der Waals surface area contributed by atoms with E-state index in [2.05, 4.69) is 0 Å².